The molecular formula is C7H14N2O2S. The van der Waals surface area contributed by atoms with Crippen molar-refractivity contribution in [3.8, 4) is 0 Å². The van der Waals surface area contributed by atoms with Crippen LogP contribution in [0.5, 0.6) is 0 Å². The van der Waals surface area contributed by atoms with Crippen molar-refractivity contribution in [3.63, 3.8) is 0 Å². The first-order chi connectivity index (χ1) is 5.61. The van der Waals surface area contributed by atoms with Crippen molar-refractivity contribution in [2.45, 2.75) is 13.8 Å². The largest absolute Gasteiger partial charge is 0.433 e. The van der Waals surface area contributed by atoms with Gasteiger partial charge in [0.15, 0.2) is 0 Å². The summed E-state index contributed by atoms with van der Waals surface area (Å²) in [5, 5.41) is 6.79. The molecule has 0 radical (unpaired) electrons. The number of rotatable bonds is 2. The van der Waals surface area contributed by atoms with E-state index in [0.717, 1.165) is 5.04 Å². The number of carbonyl (C=O) groups is 1. The zero-order valence-corrected chi connectivity index (χ0v) is 8.57. The molecule has 0 aromatic carbocycles. The molecule has 0 aliphatic heterocycles. The van der Waals surface area contributed by atoms with Crippen LogP contribution >= 0.6 is 11.8 Å². The van der Waals surface area contributed by atoms with Gasteiger partial charge in [0.1, 0.15) is 5.04 Å². The number of nitrogens with zero attached hydrogens (tertiary/aromatic N) is 1. The minimum Gasteiger partial charge on any atom is -0.323 e. The van der Waals surface area contributed by atoms with Gasteiger partial charge < -0.3 is 5.32 Å². The van der Waals surface area contributed by atoms with E-state index in [2.05, 4.69) is 15.3 Å². The zero-order chi connectivity index (χ0) is 9.56. The lowest BCUT2D eigenvalue weighted by Gasteiger charge is -2.04. The van der Waals surface area contributed by atoms with Crippen LogP contribution in [0.15, 0.2) is 5.16 Å². The number of thioether (sulfide) groups is 1. The van der Waals surface area contributed by atoms with Gasteiger partial charge in [0.2, 0.25) is 0 Å². The molecule has 0 bridgehead atoms. The summed E-state index contributed by atoms with van der Waals surface area (Å²) in [4.78, 5) is 15.1. The van der Waals surface area contributed by atoms with Gasteiger partial charge in [-0.25, -0.2) is 4.79 Å². The number of hydrogen-bond donors (Lipinski definition) is 1. The first-order valence-electron chi connectivity index (χ1n) is 3.62. The van der Waals surface area contributed by atoms with E-state index in [-0.39, 0.29) is 5.92 Å². The zero-order valence-electron chi connectivity index (χ0n) is 7.75. The topological polar surface area (TPSA) is 50.7 Å². The van der Waals surface area contributed by atoms with E-state index in [0.29, 0.717) is 0 Å². The summed E-state index contributed by atoms with van der Waals surface area (Å²) in [6.07, 6.45) is 1.36. The highest BCUT2D eigenvalue weighted by molar-refractivity contribution is 8.13. The fraction of sp³-hybridized carbons (Fsp3) is 0.714. The average Bonchev–Trinajstić information content (AvgIpc) is 2.04. The van der Waals surface area contributed by atoms with Crippen LogP contribution in [0.3, 0.4) is 0 Å². The van der Waals surface area contributed by atoms with Crippen molar-refractivity contribution in [3.05, 3.63) is 0 Å². The molecule has 0 atom stereocenters. The van der Waals surface area contributed by atoms with Crippen LogP contribution in [-0.2, 0) is 4.84 Å². The Balaban J connectivity index is 4.03. The number of amides is 1. The molecule has 0 rings (SSSR count). The molecule has 0 saturated heterocycles. The van der Waals surface area contributed by atoms with Gasteiger partial charge in [-0.1, -0.05) is 19.0 Å². The molecular weight excluding hydrogens is 176 g/mol. The monoisotopic (exact) mass is 190 g/mol. The van der Waals surface area contributed by atoms with E-state index >= 15 is 0 Å². The second-order valence-electron chi connectivity index (χ2n) is 2.42. The van der Waals surface area contributed by atoms with Crippen molar-refractivity contribution in [1.82, 2.24) is 5.32 Å². The van der Waals surface area contributed by atoms with E-state index in [4.69, 9.17) is 0 Å². The standard InChI is InChI=1S/C7H14N2O2S/c1-5(2)6(12-4)9-11-7(10)8-3/h5H,1-4H3,(H,8,10). The summed E-state index contributed by atoms with van der Waals surface area (Å²) >= 11 is 1.48. The maximum atomic E-state index is 10.6. The minimum atomic E-state index is -0.540. The van der Waals surface area contributed by atoms with Gasteiger partial charge in [0, 0.05) is 13.0 Å². The Morgan fingerprint density at radius 1 is 1.58 bits per heavy atom. The summed E-state index contributed by atoms with van der Waals surface area (Å²) < 4.78 is 0. The molecule has 4 nitrogen and oxygen atoms in total. The molecule has 0 heterocycles. The molecule has 0 aliphatic carbocycles. The molecule has 0 spiro atoms. The third kappa shape index (κ3) is 4.23. The van der Waals surface area contributed by atoms with Gasteiger partial charge >= 0.3 is 6.09 Å². The van der Waals surface area contributed by atoms with Crippen molar-refractivity contribution >= 4 is 22.9 Å². The Kier molecular flexibility index (Phi) is 5.53. The average molecular weight is 190 g/mol. The normalized spacial score (nSPS) is 11.6. The predicted octanol–water partition coefficient (Wildman–Crippen LogP) is 1.67. The van der Waals surface area contributed by atoms with Crippen LogP contribution in [0, 0.1) is 5.92 Å². The van der Waals surface area contributed by atoms with Crippen LogP contribution in [-0.4, -0.2) is 24.4 Å². The summed E-state index contributed by atoms with van der Waals surface area (Å²) in [5.74, 6) is 0.282. The maximum absolute atomic E-state index is 10.6. The summed E-state index contributed by atoms with van der Waals surface area (Å²) in [7, 11) is 1.49. The lowest BCUT2D eigenvalue weighted by molar-refractivity contribution is 0.153. The molecule has 1 amide bonds. The van der Waals surface area contributed by atoms with Crippen molar-refractivity contribution < 1.29 is 9.63 Å². The quantitative estimate of drug-likeness (QED) is 0.312. The molecule has 0 aromatic heterocycles. The van der Waals surface area contributed by atoms with Crippen molar-refractivity contribution in [1.29, 1.82) is 0 Å². The Hall–Kier alpha value is -0.710. The second-order valence-corrected chi connectivity index (χ2v) is 3.24. The Morgan fingerprint density at radius 3 is 2.50 bits per heavy atom. The SMILES string of the molecule is CNC(=O)ON=C(SC)C(C)C. The number of hydrogen-bond acceptors (Lipinski definition) is 4. The van der Waals surface area contributed by atoms with Crippen molar-refractivity contribution in [2.75, 3.05) is 13.3 Å². The highest BCUT2D eigenvalue weighted by Gasteiger charge is 2.05. The summed E-state index contributed by atoms with van der Waals surface area (Å²) in [6.45, 7) is 3.98. The smallest absolute Gasteiger partial charge is 0.323 e. The van der Waals surface area contributed by atoms with Gasteiger partial charge in [-0.05, 0) is 6.26 Å². The third-order valence-corrected chi connectivity index (χ3v) is 2.09. The number of nitrogens with one attached hydrogen (secondary N) is 1. The minimum absolute atomic E-state index is 0.282. The fourth-order valence-corrected chi connectivity index (χ4v) is 1.09. The van der Waals surface area contributed by atoms with E-state index in [1.54, 1.807) is 0 Å². The summed E-state index contributed by atoms with van der Waals surface area (Å²) in [6, 6.07) is 0. The Labute approximate surface area is 76.7 Å². The molecule has 0 saturated carbocycles. The van der Waals surface area contributed by atoms with E-state index < -0.39 is 6.09 Å². The maximum Gasteiger partial charge on any atom is 0.433 e. The van der Waals surface area contributed by atoms with E-state index in [1.807, 2.05) is 20.1 Å². The molecule has 1 N–H and O–H groups in total. The van der Waals surface area contributed by atoms with E-state index in [9.17, 15) is 4.79 Å². The fourth-order valence-electron chi connectivity index (χ4n) is 0.510. The third-order valence-electron chi connectivity index (χ3n) is 1.13. The van der Waals surface area contributed by atoms with Crippen LogP contribution in [0.25, 0.3) is 0 Å². The second kappa shape index (κ2) is 5.88. The van der Waals surface area contributed by atoms with Crippen LogP contribution < -0.4 is 5.32 Å². The van der Waals surface area contributed by atoms with Gasteiger partial charge in [0.25, 0.3) is 0 Å². The molecule has 0 fully saturated rings. The first kappa shape index (κ1) is 11.3. The molecule has 0 unspecified atom stereocenters. The van der Waals surface area contributed by atoms with Crippen molar-refractivity contribution in [2.24, 2.45) is 11.1 Å². The molecule has 0 aliphatic rings. The Bertz CT molecular complexity index is 180. The lowest BCUT2D eigenvalue weighted by atomic mass is 10.2. The van der Waals surface area contributed by atoms with Crippen LogP contribution in [0.2, 0.25) is 0 Å². The van der Waals surface area contributed by atoms with Gasteiger partial charge in [-0.3, -0.25) is 4.84 Å². The molecule has 12 heavy (non-hydrogen) atoms. The molecule has 70 valence electrons. The molecule has 5 heteroatoms. The predicted molar refractivity (Wildman–Crippen MR) is 51.3 cm³/mol. The highest BCUT2D eigenvalue weighted by Crippen LogP contribution is 2.09. The van der Waals surface area contributed by atoms with Gasteiger partial charge in [0.05, 0.1) is 0 Å². The van der Waals surface area contributed by atoms with E-state index in [1.165, 1.54) is 18.8 Å². The number of oxime groups is 1. The number of carbonyl (C=O) groups excluding carboxylic acids is 1. The first-order valence-corrected chi connectivity index (χ1v) is 4.84. The molecule has 0 aromatic rings. The van der Waals surface area contributed by atoms with Gasteiger partial charge in [-0.2, -0.15) is 0 Å². The highest BCUT2D eigenvalue weighted by atomic mass is 32.2. The lowest BCUT2D eigenvalue weighted by Crippen LogP contribution is -2.17. The Morgan fingerprint density at radius 2 is 2.17 bits per heavy atom. The van der Waals surface area contributed by atoms with Crippen LogP contribution in [0.1, 0.15) is 13.8 Å². The summed E-state index contributed by atoms with van der Waals surface area (Å²) in [5.41, 5.74) is 0. The van der Waals surface area contributed by atoms with Gasteiger partial charge in [-0.15, -0.1) is 11.8 Å². The van der Waals surface area contributed by atoms with Crippen LogP contribution in [0.4, 0.5) is 4.79 Å².